The Hall–Kier alpha value is -2.74. The monoisotopic (exact) mass is 1830 g/mol. The number of fused-ring (bicyclic) bond motifs is 3. The standard InChI is InChI=1S/C65H66I6O12S/c1-4-63(21-7-8-22-63)81-60(72)37-77-54-31-48(66)40(27-50(54)68)35-75-43-15-19-58-46(29-43)47-30-44(76-36-41-28-51(69)55(32-49(41)67)78-38-61(73)82-64(5-2)23-9-10-24-64)16-20-59(47)84(58)45-17-13-42(14-18-45)80-57-34-52(70)56(33-53(57)71)79-39-62(74)83-65(6-3)25-11-12-26-65/h13-20,27-34,84H,4-12,21-26,35-39H2,1-3H3. The predicted molar refractivity (Wildman–Crippen MR) is 376 cm³/mol. The molecule has 10 rings (SSSR count). The van der Waals surface area contributed by atoms with Crippen LogP contribution in [0, 0.1) is 21.4 Å². The number of benzene rings is 6. The van der Waals surface area contributed by atoms with Gasteiger partial charge in [0.1, 0.15) is 70.3 Å². The lowest BCUT2D eigenvalue weighted by molar-refractivity contribution is -0.163. The molecule has 0 unspecified atom stereocenters. The van der Waals surface area contributed by atoms with Crippen molar-refractivity contribution in [3.8, 4) is 51.4 Å². The predicted octanol–water partition coefficient (Wildman–Crippen LogP) is 18.7. The molecule has 4 aliphatic rings. The number of halogens is 6. The summed E-state index contributed by atoms with van der Waals surface area (Å²) >= 11 is 13.6. The van der Waals surface area contributed by atoms with E-state index in [1.165, 1.54) is 9.79 Å². The van der Waals surface area contributed by atoms with Crippen LogP contribution in [0.3, 0.4) is 0 Å². The van der Waals surface area contributed by atoms with Gasteiger partial charge in [-0.1, -0.05) is 20.8 Å². The fraction of sp³-hybridized carbons (Fsp3) is 0.400. The molecule has 19 heteroatoms. The largest absolute Gasteiger partial charge is 0.489 e. The second kappa shape index (κ2) is 28.8. The van der Waals surface area contributed by atoms with E-state index in [0.717, 1.165) is 156 Å². The zero-order chi connectivity index (χ0) is 59.2. The lowest BCUT2D eigenvalue weighted by Crippen LogP contribution is -2.33. The van der Waals surface area contributed by atoms with Gasteiger partial charge in [0, 0.05) is 28.1 Å². The highest BCUT2D eigenvalue weighted by Crippen LogP contribution is 2.63. The SMILES string of the molecule is CCC1(OC(=O)COc2cc(I)c(COc3ccc4c(c3)-c3cc(OCc5cc(I)c(OCC(=O)OC6(CC)CCCC6)cc5I)ccc3[SH]4c3ccc(Oc4cc(I)c(OCC(=O)OC5(CC)CCCC5)cc4I)cc3)cc2I)CCCC1. The Morgan fingerprint density at radius 3 is 1.12 bits per heavy atom. The molecule has 0 N–H and O–H groups in total. The summed E-state index contributed by atoms with van der Waals surface area (Å²) in [6, 6.07) is 32.9. The molecular formula is C65H66I6O12S. The average molecular weight is 1830 g/mol. The fourth-order valence-corrected chi connectivity index (χ4v) is 18.0. The molecule has 0 bridgehead atoms. The Balaban J connectivity index is 0.846. The molecule has 446 valence electrons. The molecule has 0 spiro atoms. The summed E-state index contributed by atoms with van der Waals surface area (Å²) in [5, 5.41) is 0. The summed E-state index contributed by atoms with van der Waals surface area (Å²) in [4.78, 5) is 42.3. The number of hydrogen-bond donors (Lipinski definition) is 1. The van der Waals surface area contributed by atoms with Crippen LogP contribution in [0.15, 0.2) is 112 Å². The van der Waals surface area contributed by atoms with Crippen LogP contribution in [0.5, 0.6) is 40.2 Å². The molecule has 3 fully saturated rings. The van der Waals surface area contributed by atoms with Crippen LogP contribution >= 0.6 is 146 Å². The van der Waals surface area contributed by atoms with Gasteiger partial charge in [0.25, 0.3) is 0 Å². The van der Waals surface area contributed by atoms with Gasteiger partial charge in [0.15, 0.2) is 19.8 Å². The quantitative estimate of drug-likeness (QED) is 0.0267. The van der Waals surface area contributed by atoms with E-state index in [2.05, 4.69) is 217 Å². The van der Waals surface area contributed by atoms with Crippen LogP contribution in [0.25, 0.3) is 11.1 Å². The maximum absolute atomic E-state index is 12.9. The number of rotatable bonds is 24. The van der Waals surface area contributed by atoms with E-state index in [4.69, 9.17) is 42.6 Å². The summed E-state index contributed by atoms with van der Waals surface area (Å²) in [6.45, 7) is 6.47. The number of carbonyl (C=O) groups excluding carboxylic acids is 3. The third-order valence-electron chi connectivity index (χ3n) is 16.5. The fourth-order valence-electron chi connectivity index (χ4n) is 11.7. The molecule has 3 saturated carbocycles. The van der Waals surface area contributed by atoms with Gasteiger partial charge in [0.05, 0.1) is 14.3 Å². The minimum Gasteiger partial charge on any atom is -0.489 e. The van der Waals surface area contributed by atoms with E-state index in [1.807, 2.05) is 36.4 Å². The molecule has 1 heterocycles. The Morgan fingerprint density at radius 2 is 0.738 bits per heavy atom. The van der Waals surface area contributed by atoms with Gasteiger partial charge in [0.2, 0.25) is 0 Å². The highest BCUT2D eigenvalue weighted by Gasteiger charge is 2.38. The normalized spacial score (nSPS) is 16.6. The summed E-state index contributed by atoms with van der Waals surface area (Å²) in [7, 11) is -0.991. The molecule has 1 aliphatic heterocycles. The topological polar surface area (TPSA) is 134 Å². The number of esters is 3. The lowest BCUT2D eigenvalue weighted by atomic mass is 9.99. The summed E-state index contributed by atoms with van der Waals surface area (Å²) in [5.74, 6) is 3.71. The smallest absolute Gasteiger partial charge is 0.344 e. The van der Waals surface area contributed by atoms with Crippen molar-refractivity contribution in [3.05, 3.63) is 130 Å². The molecule has 0 atom stereocenters. The van der Waals surface area contributed by atoms with Crippen molar-refractivity contribution >= 4 is 164 Å². The first-order chi connectivity index (χ1) is 40.5. The number of thiol groups is 1. The van der Waals surface area contributed by atoms with Crippen LogP contribution < -0.4 is 28.4 Å². The first-order valence-corrected chi connectivity index (χ1v) is 36.4. The van der Waals surface area contributed by atoms with Gasteiger partial charge in [-0.05, 0) is 345 Å². The Labute approximate surface area is 576 Å². The molecule has 6 aromatic carbocycles. The van der Waals surface area contributed by atoms with E-state index in [0.29, 0.717) is 42.0 Å². The Kier molecular flexibility index (Phi) is 22.0. The molecule has 0 radical (unpaired) electrons. The maximum atomic E-state index is 12.9. The first kappa shape index (κ1) is 64.3. The van der Waals surface area contributed by atoms with E-state index in [1.54, 1.807) is 0 Å². The average Bonchev–Trinajstić information content (AvgIpc) is 4.19. The lowest BCUT2D eigenvalue weighted by Gasteiger charge is -2.27. The van der Waals surface area contributed by atoms with E-state index < -0.39 is 10.9 Å². The zero-order valence-electron chi connectivity index (χ0n) is 47.0. The molecule has 0 saturated heterocycles. The highest BCUT2D eigenvalue weighted by molar-refractivity contribution is 14.1. The Bertz CT molecular complexity index is 3240. The van der Waals surface area contributed by atoms with Gasteiger partial charge < -0.3 is 42.6 Å². The van der Waals surface area contributed by atoms with Crippen LogP contribution in [0.4, 0.5) is 0 Å². The van der Waals surface area contributed by atoms with Crippen LogP contribution in [0.2, 0.25) is 0 Å². The van der Waals surface area contributed by atoms with Crippen molar-refractivity contribution < 1.29 is 57.0 Å². The second-order valence-corrected chi connectivity index (χ2v) is 31.0. The number of carbonyl (C=O) groups is 3. The van der Waals surface area contributed by atoms with Gasteiger partial charge in [-0.2, -0.15) is 10.9 Å². The number of hydrogen-bond acceptors (Lipinski definition) is 12. The molecule has 3 aliphatic carbocycles. The van der Waals surface area contributed by atoms with Crippen molar-refractivity contribution in [2.75, 3.05) is 19.8 Å². The zero-order valence-corrected chi connectivity index (χ0v) is 60.8. The maximum Gasteiger partial charge on any atom is 0.344 e. The summed E-state index contributed by atoms with van der Waals surface area (Å²) in [6.07, 6.45) is 14.4. The number of ether oxygens (including phenoxy) is 9. The molecule has 0 amide bonds. The van der Waals surface area contributed by atoms with E-state index in [9.17, 15) is 14.4 Å². The van der Waals surface area contributed by atoms with Crippen LogP contribution in [-0.4, -0.2) is 54.5 Å². The minimum atomic E-state index is -0.991. The minimum absolute atomic E-state index is 0.138. The molecule has 84 heavy (non-hydrogen) atoms. The highest BCUT2D eigenvalue weighted by atomic mass is 127. The van der Waals surface area contributed by atoms with Crippen LogP contribution in [0.1, 0.15) is 128 Å². The van der Waals surface area contributed by atoms with Crippen LogP contribution in [-0.2, 0) is 41.8 Å². The first-order valence-electron chi connectivity index (χ1n) is 28.6. The summed E-state index contributed by atoms with van der Waals surface area (Å²) in [5.41, 5.74) is 3.06. The third-order valence-corrected chi connectivity index (χ3v) is 24.5. The van der Waals surface area contributed by atoms with Crippen molar-refractivity contribution in [2.24, 2.45) is 0 Å². The molecule has 12 nitrogen and oxygen atoms in total. The molecular weight excluding hydrogens is 1770 g/mol. The summed E-state index contributed by atoms with van der Waals surface area (Å²) < 4.78 is 61.0. The van der Waals surface area contributed by atoms with Gasteiger partial charge in [-0.3, -0.25) is 0 Å². The van der Waals surface area contributed by atoms with E-state index in [-0.39, 0.29) is 54.5 Å². The van der Waals surface area contributed by atoms with Gasteiger partial charge in [-0.25, -0.2) is 14.4 Å². The Morgan fingerprint density at radius 1 is 0.405 bits per heavy atom. The second-order valence-electron chi connectivity index (χ2n) is 21.8. The molecule has 0 aromatic heterocycles. The van der Waals surface area contributed by atoms with Crippen molar-refractivity contribution in [3.63, 3.8) is 0 Å². The van der Waals surface area contributed by atoms with Gasteiger partial charge >= 0.3 is 17.9 Å². The van der Waals surface area contributed by atoms with Crippen molar-refractivity contribution in [2.45, 2.75) is 162 Å². The molecule has 6 aromatic rings. The van der Waals surface area contributed by atoms with Crippen molar-refractivity contribution in [1.29, 1.82) is 0 Å². The third kappa shape index (κ3) is 15.4. The van der Waals surface area contributed by atoms with Gasteiger partial charge in [-0.15, -0.1) is 0 Å². The van der Waals surface area contributed by atoms with E-state index >= 15 is 0 Å². The van der Waals surface area contributed by atoms with Crippen molar-refractivity contribution in [1.82, 2.24) is 0 Å².